The maximum Gasteiger partial charge on any atom is 0.0781 e. The second-order valence-electron chi connectivity index (χ2n) is 3.22. The van der Waals surface area contributed by atoms with Gasteiger partial charge in [-0.3, -0.25) is 0 Å². The molecule has 0 amide bonds. The smallest absolute Gasteiger partial charge is 0.0781 e. The van der Waals surface area contributed by atoms with E-state index in [1.54, 1.807) is 0 Å². The number of hydrogen-bond donors (Lipinski definition) is 4. The number of epoxide rings is 1. The summed E-state index contributed by atoms with van der Waals surface area (Å²) in [5.74, 6) is 0. The van der Waals surface area contributed by atoms with Crippen LogP contribution in [0.5, 0.6) is 0 Å². The van der Waals surface area contributed by atoms with Gasteiger partial charge in [-0.05, 0) is 6.92 Å². The van der Waals surface area contributed by atoms with Crippen molar-refractivity contribution < 1.29 is 4.74 Å². The molecule has 0 bridgehead atoms. The minimum Gasteiger partial charge on any atom is -0.373 e. The monoisotopic (exact) mass is 204 g/mol. The second-order valence-corrected chi connectivity index (χ2v) is 3.22. The number of hydrogen-bond acceptors (Lipinski definition) is 5. The molecule has 5 nitrogen and oxygen atoms in total. The predicted molar refractivity (Wildman–Crippen MR) is 59.3 cm³/mol. The molecule has 1 aliphatic heterocycles. The molecule has 1 fully saturated rings. The van der Waals surface area contributed by atoms with Crippen LogP contribution in [0, 0.1) is 0 Å². The molecule has 0 aromatic carbocycles. The van der Waals surface area contributed by atoms with Gasteiger partial charge in [-0.1, -0.05) is 0 Å². The van der Waals surface area contributed by atoms with Crippen molar-refractivity contribution in [2.75, 3.05) is 45.9 Å². The topological polar surface area (TPSA) is 88.6 Å². The van der Waals surface area contributed by atoms with Crippen LogP contribution in [0.25, 0.3) is 0 Å². The Balaban J connectivity index is 0.000000344. The van der Waals surface area contributed by atoms with E-state index in [1.807, 2.05) is 0 Å². The molecule has 0 spiro atoms. The largest absolute Gasteiger partial charge is 0.373 e. The van der Waals surface area contributed by atoms with Gasteiger partial charge in [-0.25, -0.2) is 0 Å². The Morgan fingerprint density at radius 3 is 1.64 bits per heavy atom. The molecule has 0 saturated carbocycles. The average molecular weight is 204 g/mol. The van der Waals surface area contributed by atoms with Crippen LogP contribution in [-0.4, -0.2) is 52.0 Å². The fourth-order valence-electron chi connectivity index (χ4n) is 0.727. The third kappa shape index (κ3) is 14.3. The summed E-state index contributed by atoms with van der Waals surface area (Å²) in [6.07, 6.45) is 0.583. The molecule has 0 aliphatic carbocycles. The first-order chi connectivity index (χ1) is 6.81. The van der Waals surface area contributed by atoms with Gasteiger partial charge in [0, 0.05) is 39.3 Å². The van der Waals surface area contributed by atoms with Gasteiger partial charge in [-0.2, -0.15) is 0 Å². The normalized spacial score (nSPS) is 18.6. The van der Waals surface area contributed by atoms with Crippen LogP contribution in [0.3, 0.4) is 0 Å². The molecule has 5 heteroatoms. The van der Waals surface area contributed by atoms with E-state index >= 15 is 0 Å². The van der Waals surface area contributed by atoms with Crippen molar-refractivity contribution in [1.29, 1.82) is 0 Å². The Kier molecular flexibility index (Phi) is 10.7. The molecule has 1 heterocycles. The Labute approximate surface area is 86.6 Å². The highest BCUT2D eigenvalue weighted by atomic mass is 16.6. The first-order valence-electron chi connectivity index (χ1n) is 5.24. The van der Waals surface area contributed by atoms with Crippen molar-refractivity contribution in [3.05, 3.63) is 0 Å². The van der Waals surface area contributed by atoms with Gasteiger partial charge >= 0.3 is 0 Å². The van der Waals surface area contributed by atoms with Crippen LogP contribution in [0.15, 0.2) is 0 Å². The summed E-state index contributed by atoms with van der Waals surface area (Å²) in [7, 11) is 0. The van der Waals surface area contributed by atoms with Crippen molar-refractivity contribution in [1.82, 2.24) is 10.6 Å². The van der Waals surface area contributed by atoms with Crippen molar-refractivity contribution in [3.63, 3.8) is 0 Å². The fourth-order valence-corrected chi connectivity index (χ4v) is 0.727. The summed E-state index contributed by atoms with van der Waals surface area (Å²) >= 11 is 0. The summed E-state index contributed by atoms with van der Waals surface area (Å²) in [4.78, 5) is 0. The summed E-state index contributed by atoms with van der Waals surface area (Å²) in [5.41, 5.74) is 10.5. The third-order valence-corrected chi connectivity index (χ3v) is 1.62. The second kappa shape index (κ2) is 10.9. The Morgan fingerprint density at radius 2 is 1.43 bits per heavy atom. The maximum absolute atomic E-state index is 5.27. The van der Waals surface area contributed by atoms with E-state index in [1.165, 1.54) is 0 Å². The number of nitrogens with two attached hydrogens (primary N) is 2. The van der Waals surface area contributed by atoms with E-state index in [0.29, 0.717) is 19.2 Å². The van der Waals surface area contributed by atoms with Gasteiger partial charge in [0.15, 0.2) is 0 Å². The molecule has 1 unspecified atom stereocenters. The van der Waals surface area contributed by atoms with Crippen molar-refractivity contribution in [2.24, 2.45) is 11.5 Å². The SMILES string of the molecule is CC1CO1.NCCNCCNCCN. The highest BCUT2D eigenvalue weighted by Gasteiger charge is 2.13. The zero-order valence-electron chi connectivity index (χ0n) is 9.09. The van der Waals surface area contributed by atoms with Gasteiger partial charge in [-0.15, -0.1) is 0 Å². The lowest BCUT2D eigenvalue weighted by Gasteiger charge is -2.03. The van der Waals surface area contributed by atoms with Crippen molar-refractivity contribution in [3.8, 4) is 0 Å². The predicted octanol–water partition coefficient (Wildman–Crippen LogP) is -1.51. The molecule has 14 heavy (non-hydrogen) atoms. The van der Waals surface area contributed by atoms with Crippen LogP contribution < -0.4 is 22.1 Å². The van der Waals surface area contributed by atoms with Crippen LogP contribution >= 0.6 is 0 Å². The van der Waals surface area contributed by atoms with Crippen LogP contribution in [-0.2, 0) is 4.74 Å². The van der Waals surface area contributed by atoms with Crippen molar-refractivity contribution in [2.45, 2.75) is 13.0 Å². The minimum atomic E-state index is 0.583. The average Bonchev–Trinajstić information content (AvgIpc) is 2.95. The van der Waals surface area contributed by atoms with E-state index in [4.69, 9.17) is 16.2 Å². The summed E-state index contributed by atoms with van der Waals surface area (Å²) in [6, 6.07) is 0. The number of nitrogens with one attached hydrogen (secondary N) is 2. The Morgan fingerprint density at radius 1 is 1.07 bits per heavy atom. The number of rotatable bonds is 7. The fraction of sp³-hybridized carbons (Fsp3) is 1.00. The summed E-state index contributed by atoms with van der Waals surface area (Å²) in [6.45, 7) is 8.18. The highest BCUT2D eigenvalue weighted by Crippen LogP contribution is 2.04. The molecule has 1 rings (SSSR count). The highest BCUT2D eigenvalue weighted by molar-refractivity contribution is 4.58. The van der Waals surface area contributed by atoms with E-state index in [0.717, 1.165) is 32.8 Å². The number of ether oxygens (including phenoxy) is 1. The zero-order valence-corrected chi connectivity index (χ0v) is 9.09. The third-order valence-electron chi connectivity index (χ3n) is 1.62. The molecule has 1 saturated heterocycles. The summed E-state index contributed by atoms with van der Waals surface area (Å²) < 4.78 is 4.71. The van der Waals surface area contributed by atoms with Gasteiger partial charge in [0.05, 0.1) is 12.7 Å². The molecule has 6 N–H and O–H groups in total. The van der Waals surface area contributed by atoms with E-state index in [-0.39, 0.29) is 0 Å². The standard InChI is InChI=1S/C6H18N4.C3H6O/c7-1-3-9-5-6-10-4-2-8;1-3-2-4-3/h9-10H,1-8H2;3H,2H2,1H3. The lowest BCUT2D eigenvalue weighted by molar-refractivity contribution is 0.423. The van der Waals surface area contributed by atoms with Crippen LogP contribution in [0.4, 0.5) is 0 Å². The zero-order chi connectivity index (χ0) is 10.6. The minimum absolute atomic E-state index is 0.583. The molecule has 1 atom stereocenters. The molecular weight excluding hydrogens is 180 g/mol. The van der Waals surface area contributed by atoms with E-state index in [2.05, 4.69) is 17.6 Å². The Bertz CT molecular complexity index is 101. The lowest BCUT2D eigenvalue weighted by Crippen LogP contribution is -2.32. The van der Waals surface area contributed by atoms with E-state index in [9.17, 15) is 0 Å². The molecule has 0 aromatic rings. The van der Waals surface area contributed by atoms with Crippen LogP contribution in [0.1, 0.15) is 6.92 Å². The molecule has 86 valence electrons. The van der Waals surface area contributed by atoms with Crippen LogP contribution in [0.2, 0.25) is 0 Å². The van der Waals surface area contributed by atoms with Crippen molar-refractivity contribution >= 4 is 0 Å². The molecule has 1 aliphatic rings. The first kappa shape index (κ1) is 13.8. The molecular formula is C9H24N4O. The van der Waals surface area contributed by atoms with Gasteiger partial charge in [0.1, 0.15) is 0 Å². The Hall–Kier alpha value is -0.200. The van der Waals surface area contributed by atoms with Gasteiger partial charge < -0.3 is 26.8 Å². The maximum atomic E-state index is 5.27. The summed E-state index contributed by atoms with van der Waals surface area (Å²) in [5, 5.41) is 6.33. The van der Waals surface area contributed by atoms with Gasteiger partial charge in [0.2, 0.25) is 0 Å². The molecule has 0 aromatic heterocycles. The van der Waals surface area contributed by atoms with Gasteiger partial charge in [0.25, 0.3) is 0 Å². The first-order valence-corrected chi connectivity index (χ1v) is 5.24. The molecule has 0 radical (unpaired) electrons. The lowest BCUT2D eigenvalue weighted by atomic mass is 10.5. The quantitative estimate of drug-likeness (QED) is 0.299. The van der Waals surface area contributed by atoms with E-state index < -0.39 is 0 Å².